The number of rotatable bonds is 2. The molecule has 0 fully saturated rings. The Hall–Kier alpha value is -0.995. The zero-order chi connectivity index (χ0) is 11.6. The minimum absolute atomic E-state index is 0.0317. The lowest BCUT2D eigenvalue weighted by Gasteiger charge is -2.06. The molecule has 0 radical (unpaired) electrons. The van der Waals surface area contributed by atoms with E-state index < -0.39 is 14.0 Å². The summed E-state index contributed by atoms with van der Waals surface area (Å²) in [7, 11) is -0.389. The van der Waals surface area contributed by atoms with Crippen molar-refractivity contribution in [3.05, 3.63) is 23.8 Å². The van der Waals surface area contributed by atoms with Crippen LogP contribution in [0.1, 0.15) is 9.68 Å². The van der Waals surface area contributed by atoms with Gasteiger partial charge >= 0.3 is 7.12 Å². The van der Waals surface area contributed by atoms with Gasteiger partial charge in [0.25, 0.3) is 0 Å². The van der Waals surface area contributed by atoms with Crippen LogP contribution in [-0.4, -0.2) is 24.3 Å². The van der Waals surface area contributed by atoms with E-state index in [1.807, 2.05) is 0 Å². The molecule has 0 aliphatic heterocycles. The molecule has 1 aromatic rings. The number of hydrogen-bond donors (Lipinski definition) is 2. The van der Waals surface area contributed by atoms with Crippen molar-refractivity contribution in [1.29, 1.82) is 0 Å². The Morgan fingerprint density at radius 1 is 1.50 bits per heavy atom. The highest BCUT2D eigenvalue weighted by Gasteiger charge is 2.13. The molecule has 1 aromatic carbocycles. The molecular formula is C8H11BO3. The minimum Gasteiger partial charge on any atom is -0.497 e. The second-order valence-electron chi connectivity index (χ2n) is 2.33. The molecule has 4 heteroatoms. The highest BCUT2D eigenvalue weighted by Crippen LogP contribution is 2.09. The Labute approximate surface area is 76.0 Å². The van der Waals surface area contributed by atoms with E-state index in [-0.39, 0.29) is 11.0 Å². The number of aryl methyl sites for hydroxylation is 1. The maximum atomic E-state index is 9.00. The quantitative estimate of drug-likeness (QED) is 0.596. The average Bonchev–Trinajstić information content (AvgIpc) is 2.15. The molecule has 0 unspecified atom stereocenters. The molecule has 0 saturated carbocycles. The van der Waals surface area contributed by atoms with Crippen LogP contribution in [0.2, 0.25) is 0 Å². The molecule has 1 rings (SSSR count). The van der Waals surface area contributed by atoms with Crippen LogP contribution in [0.5, 0.6) is 5.75 Å². The maximum absolute atomic E-state index is 9.00. The number of methoxy groups -OCH3 is 1. The van der Waals surface area contributed by atoms with Crippen LogP contribution in [0.25, 0.3) is 0 Å². The van der Waals surface area contributed by atoms with E-state index in [4.69, 9.17) is 18.9 Å². The van der Waals surface area contributed by atoms with Gasteiger partial charge in [-0.2, -0.15) is 0 Å². The van der Waals surface area contributed by atoms with Crippen LogP contribution >= 0.6 is 0 Å². The van der Waals surface area contributed by atoms with E-state index in [2.05, 4.69) is 0 Å². The molecule has 64 valence electrons. The average molecular weight is 169 g/mol. The summed E-state index contributed by atoms with van der Waals surface area (Å²) in [5.74, 6) is 0.366. The van der Waals surface area contributed by atoms with Crippen LogP contribution in [0.3, 0.4) is 0 Å². The lowest BCUT2D eigenvalue weighted by Crippen LogP contribution is -2.31. The van der Waals surface area contributed by atoms with Gasteiger partial charge in [-0.05, 0) is 30.0 Å². The zero-order valence-electron chi connectivity index (χ0n) is 9.61. The molecule has 0 amide bonds. The highest BCUT2D eigenvalue weighted by atomic mass is 16.5. The van der Waals surface area contributed by atoms with E-state index in [0.717, 1.165) is 0 Å². The standard InChI is InChI=1S/C8H11BO3/c1-6-5-7(12-2)3-4-8(6)9(10)11/h3-5,10-11H,1-2H3/i1D3. The second-order valence-corrected chi connectivity index (χ2v) is 2.33. The number of benzene rings is 1. The Morgan fingerprint density at radius 3 is 2.75 bits per heavy atom. The van der Waals surface area contributed by atoms with Crippen LogP contribution in [0.4, 0.5) is 0 Å². The molecule has 12 heavy (non-hydrogen) atoms. The van der Waals surface area contributed by atoms with Crippen LogP contribution in [0.15, 0.2) is 18.2 Å². The third-order valence-corrected chi connectivity index (χ3v) is 1.54. The molecule has 0 aliphatic rings. The molecule has 0 heterocycles. The van der Waals surface area contributed by atoms with Crippen molar-refractivity contribution in [2.24, 2.45) is 0 Å². The first kappa shape index (κ1) is 5.62. The topological polar surface area (TPSA) is 49.7 Å². The van der Waals surface area contributed by atoms with E-state index in [1.54, 1.807) is 0 Å². The first-order chi connectivity index (χ1) is 6.86. The number of ether oxygens (including phenoxy) is 1. The van der Waals surface area contributed by atoms with Gasteiger partial charge in [0.2, 0.25) is 0 Å². The van der Waals surface area contributed by atoms with Gasteiger partial charge in [-0.1, -0.05) is 6.07 Å². The summed E-state index contributed by atoms with van der Waals surface area (Å²) in [4.78, 5) is 0. The summed E-state index contributed by atoms with van der Waals surface area (Å²) in [6.45, 7) is -2.40. The lowest BCUT2D eigenvalue weighted by molar-refractivity contribution is 0.413. The van der Waals surface area contributed by atoms with Crippen LogP contribution < -0.4 is 10.2 Å². The third kappa shape index (κ3) is 1.78. The minimum atomic E-state index is -2.40. The van der Waals surface area contributed by atoms with Crippen LogP contribution in [-0.2, 0) is 0 Å². The summed E-state index contributed by atoms with van der Waals surface area (Å²) in [5.41, 5.74) is -0.146. The van der Waals surface area contributed by atoms with Gasteiger partial charge in [-0.15, -0.1) is 0 Å². The van der Waals surface area contributed by atoms with Crippen molar-refractivity contribution in [3.8, 4) is 5.75 Å². The molecule has 0 aromatic heterocycles. The molecule has 0 atom stereocenters. The van der Waals surface area contributed by atoms with Crippen LogP contribution in [0, 0.1) is 6.85 Å². The van der Waals surface area contributed by atoms with Crippen molar-refractivity contribution >= 4 is 12.6 Å². The normalized spacial score (nSPS) is 14.4. The fourth-order valence-corrected chi connectivity index (χ4v) is 0.888. The highest BCUT2D eigenvalue weighted by molar-refractivity contribution is 6.59. The Morgan fingerprint density at radius 2 is 2.25 bits per heavy atom. The first-order valence-electron chi connectivity index (χ1n) is 4.91. The van der Waals surface area contributed by atoms with Gasteiger partial charge in [0.05, 0.1) is 7.11 Å². The van der Waals surface area contributed by atoms with Crippen molar-refractivity contribution in [1.82, 2.24) is 0 Å². The summed E-state index contributed by atoms with van der Waals surface area (Å²) in [6, 6.07) is 4.08. The van der Waals surface area contributed by atoms with Gasteiger partial charge < -0.3 is 14.8 Å². The predicted molar refractivity (Wildman–Crippen MR) is 47.6 cm³/mol. The smallest absolute Gasteiger partial charge is 0.488 e. The summed E-state index contributed by atoms with van der Waals surface area (Å²) in [5, 5.41) is 18.0. The Kier molecular flexibility index (Phi) is 1.69. The monoisotopic (exact) mass is 169 g/mol. The maximum Gasteiger partial charge on any atom is 0.488 e. The van der Waals surface area contributed by atoms with Crippen molar-refractivity contribution in [2.45, 2.75) is 6.85 Å². The second kappa shape index (κ2) is 3.60. The summed E-state index contributed by atoms with van der Waals surface area (Å²) >= 11 is 0. The lowest BCUT2D eigenvalue weighted by atomic mass is 9.77. The fourth-order valence-electron chi connectivity index (χ4n) is 0.888. The molecule has 0 saturated heterocycles. The summed E-state index contributed by atoms with van der Waals surface area (Å²) < 4.78 is 26.6. The largest absolute Gasteiger partial charge is 0.497 e. The molecule has 3 nitrogen and oxygen atoms in total. The Bertz CT molecular complexity index is 351. The van der Waals surface area contributed by atoms with E-state index in [0.29, 0.717) is 5.75 Å². The van der Waals surface area contributed by atoms with Gasteiger partial charge in [0, 0.05) is 4.11 Å². The van der Waals surface area contributed by atoms with Gasteiger partial charge in [-0.25, -0.2) is 0 Å². The molecule has 0 spiro atoms. The van der Waals surface area contributed by atoms with Gasteiger partial charge in [-0.3, -0.25) is 0 Å². The summed E-state index contributed by atoms with van der Waals surface area (Å²) in [6.07, 6.45) is 0. The van der Waals surface area contributed by atoms with Gasteiger partial charge in [0.1, 0.15) is 5.75 Å². The molecule has 0 aliphatic carbocycles. The fraction of sp³-hybridized carbons (Fsp3) is 0.250. The van der Waals surface area contributed by atoms with E-state index in [1.165, 1.54) is 25.3 Å². The van der Waals surface area contributed by atoms with Crippen molar-refractivity contribution in [2.75, 3.05) is 7.11 Å². The van der Waals surface area contributed by atoms with Crippen molar-refractivity contribution in [3.63, 3.8) is 0 Å². The molecular weight excluding hydrogens is 155 g/mol. The zero-order valence-corrected chi connectivity index (χ0v) is 6.61. The van der Waals surface area contributed by atoms with E-state index in [9.17, 15) is 0 Å². The van der Waals surface area contributed by atoms with E-state index >= 15 is 0 Å². The van der Waals surface area contributed by atoms with Crippen molar-refractivity contribution < 1.29 is 18.9 Å². The third-order valence-electron chi connectivity index (χ3n) is 1.54. The van der Waals surface area contributed by atoms with Gasteiger partial charge in [0.15, 0.2) is 0 Å². The number of hydrogen-bond acceptors (Lipinski definition) is 3. The predicted octanol–water partition coefficient (Wildman–Crippen LogP) is -0.317. The molecule has 0 bridgehead atoms. The SMILES string of the molecule is [2H]C([2H])([2H])c1cc(OC)ccc1B(O)O. The molecule has 2 N–H and O–H groups in total. The first-order valence-corrected chi connectivity index (χ1v) is 3.41. The Balaban J connectivity index is 3.29.